The van der Waals surface area contributed by atoms with E-state index in [0.717, 1.165) is 0 Å². The van der Waals surface area contributed by atoms with Gasteiger partial charge < -0.3 is 0 Å². The van der Waals surface area contributed by atoms with Crippen molar-refractivity contribution in [3.63, 3.8) is 0 Å². The summed E-state index contributed by atoms with van der Waals surface area (Å²) in [5.74, 6) is 0. The highest BCUT2D eigenvalue weighted by Crippen LogP contribution is 2.52. The lowest BCUT2D eigenvalue weighted by molar-refractivity contribution is 1.56. The van der Waals surface area contributed by atoms with E-state index in [9.17, 15) is 0 Å². The predicted octanol–water partition coefficient (Wildman–Crippen LogP) is 10.6. The quantitative estimate of drug-likeness (QED) is 0.218. The standard InChI is InChI=1S/C32H22S3/c1-5-13-23(14-6-1)27-21-33-31(29(27)25-17-9-3-10-18-25)35-32-30(26-19-11-4-12-20-26)28(22-34-32)24-15-7-2-8-16-24/h1-22H. The van der Waals surface area contributed by atoms with Gasteiger partial charge in [-0.1, -0.05) is 133 Å². The topological polar surface area (TPSA) is 0 Å². The van der Waals surface area contributed by atoms with Crippen LogP contribution in [0.25, 0.3) is 44.5 Å². The van der Waals surface area contributed by atoms with Crippen molar-refractivity contribution in [1.29, 1.82) is 0 Å². The van der Waals surface area contributed by atoms with Gasteiger partial charge in [-0.3, -0.25) is 0 Å². The van der Waals surface area contributed by atoms with Crippen LogP contribution in [0.4, 0.5) is 0 Å². The summed E-state index contributed by atoms with van der Waals surface area (Å²) < 4.78 is 2.65. The lowest BCUT2D eigenvalue weighted by Crippen LogP contribution is -1.84. The van der Waals surface area contributed by atoms with Crippen LogP contribution in [0.5, 0.6) is 0 Å². The highest BCUT2D eigenvalue weighted by Gasteiger charge is 2.21. The van der Waals surface area contributed by atoms with E-state index < -0.39 is 0 Å². The number of hydrogen-bond acceptors (Lipinski definition) is 3. The molecule has 0 radical (unpaired) electrons. The van der Waals surface area contributed by atoms with Crippen molar-refractivity contribution in [1.82, 2.24) is 0 Å². The van der Waals surface area contributed by atoms with E-state index in [0.29, 0.717) is 0 Å². The SMILES string of the molecule is c1ccc(-c2csc(Sc3scc(-c4ccccc4)c3-c3ccccc3)c2-c2ccccc2)cc1. The fourth-order valence-electron chi connectivity index (χ4n) is 4.33. The van der Waals surface area contributed by atoms with Gasteiger partial charge in [0, 0.05) is 33.0 Å². The molecule has 0 N–H and O–H groups in total. The molecule has 0 bridgehead atoms. The Morgan fingerprint density at radius 3 is 1.03 bits per heavy atom. The average Bonchev–Trinajstić information content (AvgIpc) is 3.55. The van der Waals surface area contributed by atoms with Crippen molar-refractivity contribution in [3.8, 4) is 44.5 Å². The van der Waals surface area contributed by atoms with Crippen LogP contribution in [0, 0.1) is 0 Å². The number of rotatable bonds is 6. The van der Waals surface area contributed by atoms with Crippen molar-refractivity contribution in [2.75, 3.05) is 0 Å². The molecule has 2 heterocycles. The summed E-state index contributed by atoms with van der Waals surface area (Å²) in [6, 6.07) is 43.0. The van der Waals surface area contributed by atoms with Crippen LogP contribution < -0.4 is 0 Å². The minimum Gasteiger partial charge on any atom is -0.136 e. The van der Waals surface area contributed by atoms with E-state index >= 15 is 0 Å². The van der Waals surface area contributed by atoms with Gasteiger partial charge in [0.25, 0.3) is 0 Å². The van der Waals surface area contributed by atoms with Crippen LogP contribution in [0.3, 0.4) is 0 Å². The van der Waals surface area contributed by atoms with Crippen LogP contribution >= 0.6 is 34.4 Å². The van der Waals surface area contributed by atoms with Gasteiger partial charge in [-0.2, -0.15) is 0 Å². The molecule has 0 fully saturated rings. The van der Waals surface area contributed by atoms with Crippen LogP contribution in [0.2, 0.25) is 0 Å². The molecule has 4 aromatic carbocycles. The van der Waals surface area contributed by atoms with Gasteiger partial charge in [0.2, 0.25) is 0 Å². The first-order valence-electron chi connectivity index (χ1n) is 11.5. The third kappa shape index (κ3) is 4.51. The van der Waals surface area contributed by atoms with Gasteiger partial charge in [-0.15, -0.1) is 22.7 Å². The zero-order valence-corrected chi connectivity index (χ0v) is 21.4. The van der Waals surface area contributed by atoms with Crippen molar-refractivity contribution in [2.24, 2.45) is 0 Å². The van der Waals surface area contributed by atoms with Crippen molar-refractivity contribution in [3.05, 3.63) is 132 Å². The molecule has 0 nitrogen and oxygen atoms in total. The lowest BCUT2D eigenvalue weighted by Gasteiger charge is -2.11. The van der Waals surface area contributed by atoms with Crippen LogP contribution in [-0.4, -0.2) is 0 Å². The molecule has 2 aromatic heterocycles. The third-order valence-electron chi connectivity index (χ3n) is 5.99. The van der Waals surface area contributed by atoms with Crippen LogP contribution in [0.1, 0.15) is 0 Å². The van der Waals surface area contributed by atoms with E-state index in [1.165, 1.54) is 52.9 Å². The number of hydrogen-bond donors (Lipinski definition) is 0. The molecular weight excluding hydrogens is 481 g/mol. The second-order valence-electron chi connectivity index (χ2n) is 8.19. The Morgan fingerprint density at radius 1 is 0.371 bits per heavy atom. The molecule has 6 aromatic rings. The molecule has 0 aliphatic rings. The molecular formula is C32H22S3. The molecule has 168 valence electrons. The Kier molecular flexibility index (Phi) is 6.37. The van der Waals surface area contributed by atoms with E-state index in [2.05, 4.69) is 132 Å². The monoisotopic (exact) mass is 502 g/mol. The molecule has 35 heavy (non-hydrogen) atoms. The Hall–Kier alpha value is -3.37. The van der Waals surface area contributed by atoms with Gasteiger partial charge in [0.05, 0.1) is 8.42 Å². The fraction of sp³-hybridized carbons (Fsp3) is 0. The molecule has 3 heteroatoms. The Labute approximate surface area is 218 Å². The molecule has 0 aliphatic heterocycles. The first-order chi connectivity index (χ1) is 17.4. The van der Waals surface area contributed by atoms with E-state index in [1.807, 2.05) is 34.4 Å². The summed E-state index contributed by atoms with van der Waals surface area (Å²) in [6.07, 6.45) is 0. The summed E-state index contributed by atoms with van der Waals surface area (Å²) in [6.45, 7) is 0. The first kappa shape index (κ1) is 22.1. The van der Waals surface area contributed by atoms with Gasteiger partial charge in [0.1, 0.15) is 0 Å². The van der Waals surface area contributed by atoms with E-state index in [-0.39, 0.29) is 0 Å². The maximum Gasteiger partial charge on any atom is 0.0739 e. The van der Waals surface area contributed by atoms with Gasteiger partial charge in [-0.25, -0.2) is 0 Å². The lowest BCUT2D eigenvalue weighted by atomic mass is 9.99. The second kappa shape index (κ2) is 10.1. The molecule has 0 amide bonds. The summed E-state index contributed by atoms with van der Waals surface area (Å²) >= 11 is 5.58. The Morgan fingerprint density at radius 2 is 0.686 bits per heavy atom. The highest BCUT2D eigenvalue weighted by molar-refractivity contribution is 8.03. The summed E-state index contributed by atoms with van der Waals surface area (Å²) in [4.78, 5) is 0. The van der Waals surface area contributed by atoms with E-state index in [1.54, 1.807) is 0 Å². The molecule has 0 saturated heterocycles. The van der Waals surface area contributed by atoms with Gasteiger partial charge in [0.15, 0.2) is 0 Å². The summed E-state index contributed by atoms with van der Waals surface area (Å²) in [5.41, 5.74) is 10.3. The van der Waals surface area contributed by atoms with Crippen molar-refractivity contribution >= 4 is 34.4 Å². The minimum absolute atomic E-state index is 1.26. The van der Waals surface area contributed by atoms with Crippen molar-refractivity contribution < 1.29 is 0 Å². The molecule has 6 rings (SSSR count). The van der Waals surface area contributed by atoms with Gasteiger partial charge >= 0.3 is 0 Å². The second-order valence-corrected chi connectivity index (χ2v) is 11.5. The van der Waals surface area contributed by atoms with E-state index in [4.69, 9.17) is 0 Å². The summed E-state index contributed by atoms with van der Waals surface area (Å²) in [5, 5.41) is 4.63. The number of benzene rings is 4. The minimum atomic E-state index is 1.26. The molecule has 0 spiro atoms. The zero-order valence-electron chi connectivity index (χ0n) is 18.9. The third-order valence-corrected chi connectivity index (χ3v) is 9.39. The maximum atomic E-state index is 2.31. The zero-order chi connectivity index (χ0) is 23.5. The molecule has 0 aliphatic carbocycles. The van der Waals surface area contributed by atoms with Crippen LogP contribution in [0.15, 0.2) is 141 Å². The largest absolute Gasteiger partial charge is 0.136 e. The maximum absolute atomic E-state index is 2.31. The first-order valence-corrected chi connectivity index (χ1v) is 14.1. The normalized spacial score (nSPS) is 11.0. The predicted molar refractivity (Wildman–Crippen MR) is 155 cm³/mol. The highest BCUT2D eigenvalue weighted by atomic mass is 32.2. The van der Waals surface area contributed by atoms with Crippen LogP contribution in [-0.2, 0) is 0 Å². The molecule has 0 saturated carbocycles. The fourth-order valence-corrected chi connectivity index (χ4v) is 8.14. The average molecular weight is 503 g/mol. The Bertz CT molecular complexity index is 1410. The Balaban J connectivity index is 1.50. The number of thiophene rings is 2. The molecule has 0 atom stereocenters. The molecule has 0 unspecified atom stereocenters. The van der Waals surface area contributed by atoms with Crippen molar-refractivity contribution in [2.45, 2.75) is 8.42 Å². The summed E-state index contributed by atoms with van der Waals surface area (Å²) in [7, 11) is 0. The smallest absolute Gasteiger partial charge is 0.0739 e. The van der Waals surface area contributed by atoms with Gasteiger partial charge in [-0.05, 0) is 22.3 Å².